The number of nitrogens with zero attached hydrogens (tertiary/aromatic N) is 1. The summed E-state index contributed by atoms with van der Waals surface area (Å²) in [4.78, 5) is 29.8. The van der Waals surface area contributed by atoms with Crippen LogP contribution < -0.4 is 20.1 Å². The van der Waals surface area contributed by atoms with Crippen molar-refractivity contribution in [1.29, 1.82) is 0 Å². The van der Waals surface area contributed by atoms with Crippen LogP contribution in [0.4, 0.5) is 10.8 Å². The first-order chi connectivity index (χ1) is 14.0. The highest BCUT2D eigenvalue weighted by Crippen LogP contribution is 2.33. The minimum Gasteiger partial charge on any atom is -0.486 e. The Bertz CT molecular complexity index is 1080. The zero-order valence-corrected chi connectivity index (χ0v) is 16.8. The molecule has 29 heavy (non-hydrogen) atoms. The largest absolute Gasteiger partial charge is 0.486 e. The van der Waals surface area contributed by atoms with E-state index in [4.69, 9.17) is 9.47 Å². The molecular weight excluding hydrogens is 390 g/mol. The number of carbonyl (C=O) groups is 2. The van der Waals surface area contributed by atoms with Gasteiger partial charge in [0.1, 0.15) is 18.1 Å². The number of hydrogen-bond donors (Lipinski definition) is 2. The van der Waals surface area contributed by atoms with Crippen LogP contribution in [0.1, 0.15) is 31.3 Å². The Morgan fingerprint density at radius 1 is 0.931 bits per heavy atom. The molecule has 1 aromatic heterocycles. The topological polar surface area (TPSA) is 89.6 Å². The molecule has 4 rings (SSSR count). The molecule has 0 radical (unpaired) electrons. The van der Waals surface area contributed by atoms with Gasteiger partial charge in [0, 0.05) is 17.3 Å². The second-order valence-electron chi connectivity index (χ2n) is 6.57. The Labute approximate surface area is 171 Å². The van der Waals surface area contributed by atoms with Crippen LogP contribution in [0, 0.1) is 13.8 Å². The van der Waals surface area contributed by atoms with Crippen molar-refractivity contribution in [2.24, 2.45) is 0 Å². The molecule has 0 spiro atoms. The van der Waals surface area contributed by atoms with Crippen LogP contribution in [-0.2, 0) is 0 Å². The van der Waals surface area contributed by atoms with E-state index in [9.17, 15) is 9.59 Å². The normalized spacial score (nSPS) is 12.3. The first-order valence-electron chi connectivity index (χ1n) is 9.06. The van der Waals surface area contributed by atoms with Crippen LogP contribution in [0.3, 0.4) is 0 Å². The van der Waals surface area contributed by atoms with Crippen molar-refractivity contribution < 1.29 is 19.1 Å². The van der Waals surface area contributed by atoms with Crippen LogP contribution in [0.5, 0.6) is 11.5 Å². The van der Waals surface area contributed by atoms with Gasteiger partial charge < -0.3 is 14.8 Å². The zero-order chi connectivity index (χ0) is 20.4. The fourth-order valence-corrected chi connectivity index (χ4v) is 3.70. The Kier molecular flexibility index (Phi) is 5.18. The van der Waals surface area contributed by atoms with E-state index in [2.05, 4.69) is 15.6 Å². The van der Waals surface area contributed by atoms with Gasteiger partial charge in [-0.1, -0.05) is 29.0 Å². The van der Waals surface area contributed by atoms with Crippen molar-refractivity contribution in [2.45, 2.75) is 13.8 Å². The lowest BCUT2D eigenvalue weighted by Gasteiger charge is -2.18. The number of aryl methyl sites for hydroxylation is 2. The summed E-state index contributed by atoms with van der Waals surface area (Å²) in [5, 5.41) is 5.96. The van der Waals surface area contributed by atoms with E-state index in [1.165, 1.54) is 0 Å². The molecule has 0 atom stereocenters. The summed E-state index contributed by atoms with van der Waals surface area (Å²) in [7, 11) is 0. The maximum atomic E-state index is 12.7. The lowest BCUT2D eigenvalue weighted by Crippen LogP contribution is -2.16. The lowest BCUT2D eigenvalue weighted by molar-refractivity contribution is 0.102. The van der Waals surface area contributed by atoms with Crippen molar-refractivity contribution in [1.82, 2.24) is 4.98 Å². The highest BCUT2D eigenvalue weighted by Gasteiger charge is 2.19. The van der Waals surface area contributed by atoms with Gasteiger partial charge in [-0.25, -0.2) is 4.98 Å². The van der Waals surface area contributed by atoms with Gasteiger partial charge in [-0.3, -0.25) is 14.9 Å². The predicted molar refractivity (Wildman–Crippen MR) is 111 cm³/mol. The Balaban J connectivity index is 1.46. The monoisotopic (exact) mass is 409 g/mol. The number of carbonyl (C=O) groups excluding carboxylic acids is 2. The van der Waals surface area contributed by atoms with Crippen molar-refractivity contribution in [3.63, 3.8) is 0 Å². The molecule has 2 heterocycles. The minimum atomic E-state index is -0.299. The first kappa shape index (κ1) is 18.9. The number of hydrogen-bond acceptors (Lipinski definition) is 6. The third-order valence-electron chi connectivity index (χ3n) is 4.34. The van der Waals surface area contributed by atoms with E-state index < -0.39 is 0 Å². The zero-order valence-electron chi connectivity index (χ0n) is 15.9. The summed E-state index contributed by atoms with van der Waals surface area (Å²) in [6.45, 7) is 4.67. The number of aromatic nitrogens is 1. The molecule has 3 aromatic rings. The SMILES string of the molecule is Cc1ccc(C(=O)Nc2nc(C)c(C(=O)Nc3ccc4c(c3)OCCO4)s2)cc1. The third-order valence-corrected chi connectivity index (χ3v) is 5.41. The van der Waals surface area contributed by atoms with Gasteiger partial charge >= 0.3 is 0 Å². The van der Waals surface area contributed by atoms with Gasteiger partial charge in [0.05, 0.1) is 5.69 Å². The van der Waals surface area contributed by atoms with E-state index in [1.54, 1.807) is 37.3 Å². The average molecular weight is 409 g/mol. The summed E-state index contributed by atoms with van der Waals surface area (Å²) in [6.07, 6.45) is 0. The number of rotatable bonds is 4. The molecule has 0 saturated carbocycles. The van der Waals surface area contributed by atoms with Gasteiger partial charge in [-0.2, -0.15) is 0 Å². The average Bonchev–Trinajstić information content (AvgIpc) is 3.08. The van der Waals surface area contributed by atoms with Gasteiger partial charge in [0.25, 0.3) is 11.8 Å². The molecule has 1 aliphatic rings. The highest BCUT2D eigenvalue weighted by molar-refractivity contribution is 7.17. The van der Waals surface area contributed by atoms with Crippen LogP contribution in [0.15, 0.2) is 42.5 Å². The molecule has 148 valence electrons. The van der Waals surface area contributed by atoms with E-state index in [0.29, 0.717) is 51.7 Å². The predicted octanol–water partition coefficient (Wildman–Crippen LogP) is 4.04. The molecule has 8 heteroatoms. The minimum absolute atomic E-state index is 0.266. The summed E-state index contributed by atoms with van der Waals surface area (Å²) < 4.78 is 11.0. The number of ether oxygens (including phenoxy) is 2. The maximum absolute atomic E-state index is 12.7. The molecule has 2 amide bonds. The fraction of sp³-hybridized carbons (Fsp3) is 0.190. The van der Waals surface area contributed by atoms with Gasteiger partial charge in [0.15, 0.2) is 16.6 Å². The Morgan fingerprint density at radius 3 is 2.41 bits per heavy atom. The van der Waals surface area contributed by atoms with E-state index in [0.717, 1.165) is 16.9 Å². The third kappa shape index (κ3) is 4.22. The van der Waals surface area contributed by atoms with Gasteiger partial charge in [-0.05, 0) is 38.1 Å². The Morgan fingerprint density at radius 2 is 1.66 bits per heavy atom. The smallest absolute Gasteiger partial charge is 0.267 e. The van der Waals surface area contributed by atoms with Gasteiger partial charge in [0.2, 0.25) is 0 Å². The summed E-state index contributed by atoms with van der Waals surface area (Å²) in [5.74, 6) is 0.690. The number of amides is 2. The molecule has 2 aromatic carbocycles. The molecule has 0 fully saturated rings. The van der Waals surface area contributed by atoms with E-state index >= 15 is 0 Å². The van der Waals surface area contributed by atoms with Crippen molar-refractivity contribution in [2.75, 3.05) is 23.8 Å². The quantitative estimate of drug-likeness (QED) is 0.679. The fourth-order valence-electron chi connectivity index (χ4n) is 2.84. The first-order valence-corrected chi connectivity index (χ1v) is 9.88. The van der Waals surface area contributed by atoms with E-state index in [-0.39, 0.29) is 11.8 Å². The van der Waals surface area contributed by atoms with Crippen LogP contribution >= 0.6 is 11.3 Å². The van der Waals surface area contributed by atoms with Crippen LogP contribution in [-0.4, -0.2) is 30.0 Å². The standard InChI is InChI=1S/C21H19N3O4S/c1-12-3-5-14(6-4-12)19(25)24-21-22-13(2)18(29-21)20(26)23-15-7-8-16-17(11-15)28-10-9-27-16/h3-8,11H,9-10H2,1-2H3,(H,23,26)(H,22,24,25). The molecular formula is C21H19N3O4S. The molecule has 7 nitrogen and oxygen atoms in total. The summed E-state index contributed by atoms with van der Waals surface area (Å²) in [5.41, 5.74) is 2.75. The maximum Gasteiger partial charge on any atom is 0.267 e. The molecule has 0 unspecified atom stereocenters. The molecule has 0 saturated heterocycles. The Hall–Kier alpha value is -3.39. The number of anilines is 2. The molecule has 1 aliphatic heterocycles. The number of nitrogens with one attached hydrogen (secondary N) is 2. The van der Waals surface area contributed by atoms with Crippen molar-refractivity contribution in [3.05, 3.63) is 64.2 Å². The lowest BCUT2D eigenvalue weighted by atomic mass is 10.1. The summed E-state index contributed by atoms with van der Waals surface area (Å²) >= 11 is 1.13. The number of fused-ring (bicyclic) bond motifs is 1. The molecule has 2 N–H and O–H groups in total. The van der Waals surface area contributed by atoms with Crippen molar-refractivity contribution >= 4 is 34.0 Å². The van der Waals surface area contributed by atoms with Crippen LogP contribution in [0.25, 0.3) is 0 Å². The van der Waals surface area contributed by atoms with Gasteiger partial charge in [-0.15, -0.1) is 0 Å². The second kappa shape index (κ2) is 7.92. The van der Waals surface area contributed by atoms with E-state index in [1.807, 2.05) is 19.1 Å². The number of benzene rings is 2. The highest BCUT2D eigenvalue weighted by atomic mass is 32.1. The second-order valence-corrected chi connectivity index (χ2v) is 7.57. The molecule has 0 aliphatic carbocycles. The van der Waals surface area contributed by atoms with Crippen molar-refractivity contribution in [3.8, 4) is 11.5 Å². The summed E-state index contributed by atoms with van der Waals surface area (Å²) in [6, 6.07) is 12.5. The van der Waals surface area contributed by atoms with Crippen LogP contribution in [0.2, 0.25) is 0 Å². The number of thiazole rings is 1. The molecule has 0 bridgehead atoms.